The number of benzene rings is 2. The quantitative estimate of drug-likeness (QED) is 0.464. The number of carbonyl (C=O) groups is 2. The smallest absolute Gasteiger partial charge is 0.331 e. The SMILES string of the molecule is CC(OC(=O)C=Cc1ccc2ccccc2n1)C(=O)Nc1cc(Cl)ccc1Cl. The maximum Gasteiger partial charge on any atom is 0.331 e. The normalized spacial score (nSPS) is 12.1. The van der Waals surface area contributed by atoms with Gasteiger partial charge in [0.15, 0.2) is 6.10 Å². The number of carbonyl (C=O) groups excluding carboxylic acids is 2. The second-order valence-corrected chi connectivity index (χ2v) is 6.80. The zero-order chi connectivity index (χ0) is 20.1. The molecule has 3 rings (SSSR count). The van der Waals surface area contributed by atoms with E-state index >= 15 is 0 Å². The number of para-hydroxylation sites is 1. The molecular weight excluding hydrogens is 399 g/mol. The van der Waals surface area contributed by atoms with Crippen LogP contribution >= 0.6 is 23.2 Å². The fraction of sp³-hybridized carbons (Fsp3) is 0.0952. The van der Waals surface area contributed by atoms with Crippen molar-refractivity contribution in [2.75, 3.05) is 5.32 Å². The minimum absolute atomic E-state index is 0.332. The number of nitrogens with zero attached hydrogens (tertiary/aromatic N) is 1. The van der Waals surface area contributed by atoms with Crippen LogP contribution in [0.2, 0.25) is 10.0 Å². The topological polar surface area (TPSA) is 68.3 Å². The van der Waals surface area contributed by atoms with Crippen LogP contribution in [0, 0.1) is 0 Å². The van der Waals surface area contributed by atoms with Crippen molar-refractivity contribution in [3.05, 3.63) is 76.4 Å². The fourth-order valence-electron chi connectivity index (χ4n) is 2.42. The lowest BCUT2D eigenvalue weighted by Crippen LogP contribution is -2.29. The first-order valence-electron chi connectivity index (χ1n) is 8.43. The van der Waals surface area contributed by atoms with E-state index in [-0.39, 0.29) is 0 Å². The van der Waals surface area contributed by atoms with Crippen molar-refractivity contribution >= 4 is 57.7 Å². The molecule has 2 aromatic carbocycles. The lowest BCUT2D eigenvalue weighted by atomic mass is 10.2. The molecule has 0 aliphatic rings. The Kier molecular flexibility index (Phi) is 6.29. The Bertz CT molecular complexity index is 1070. The number of pyridine rings is 1. The molecule has 3 aromatic rings. The van der Waals surface area contributed by atoms with Gasteiger partial charge in [0.05, 0.1) is 21.9 Å². The highest BCUT2D eigenvalue weighted by molar-refractivity contribution is 6.35. The minimum atomic E-state index is -1.02. The van der Waals surface area contributed by atoms with E-state index in [2.05, 4.69) is 10.3 Å². The minimum Gasteiger partial charge on any atom is -0.449 e. The third-order valence-corrected chi connectivity index (χ3v) is 4.42. The molecule has 1 atom stereocenters. The van der Waals surface area contributed by atoms with Gasteiger partial charge in [-0.05, 0) is 43.3 Å². The third kappa shape index (κ3) is 5.09. The molecule has 0 bridgehead atoms. The van der Waals surface area contributed by atoms with E-state index in [1.54, 1.807) is 18.2 Å². The molecule has 7 heteroatoms. The van der Waals surface area contributed by atoms with Gasteiger partial charge in [0.1, 0.15) is 0 Å². The molecule has 0 aliphatic heterocycles. The summed E-state index contributed by atoms with van der Waals surface area (Å²) in [6, 6.07) is 16.1. The molecule has 5 nitrogen and oxygen atoms in total. The van der Waals surface area contributed by atoms with Crippen LogP contribution in [0.3, 0.4) is 0 Å². The first-order valence-corrected chi connectivity index (χ1v) is 9.18. The van der Waals surface area contributed by atoms with Gasteiger partial charge >= 0.3 is 5.97 Å². The Morgan fingerprint density at radius 3 is 2.71 bits per heavy atom. The molecule has 1 heterocycles. The predicted octanol–water partition coefficient (Wildman–Crippen LogP) is 5.13. The van der Waals surface area contributed by atoms with E-state index in [1.807, 2.05) is 30.3 Å². The number of nitrogens with one attached hydrogen (secondary N) is 1. The summed E-state index contributed by atoms with van der Waals surface area (Å²) in [5, 5.41) is 4.35. The number of anilines is 1. The number of hydrogen-bond acceptors (Lipinski definition) is 4. The van der Waals surface area contributed by atoms with Crippen LogP contribution in [0.5, 0.6) is 0 Å². The fourth-order valence-corrected chi connectivity index (χ4v) is 2.76. The van der Waals surface area contributed by atoms with E-state index in [4.69, 9.17) is 27.9 Å². The van der Waals surface area contributed by atoms with Crippen molar-refractivity contribution in [2.45, 2.75) is 13.0 Å². The van der Waals surface area contributed by atoms with E-state index in [0.717, 1.165) is 10.9 Å². The molecule has 0 spiro atoms. The number of rotatable bonds is 5. The molecule has 0 fully saturated rings. The third-order valence-electron chi connectivity index (χ3n) is 3.86. The van der Waals surface area contributed by atoms with Crippen molar-refractivity contribution in [3.63, 3.8) is 0 Å². The average molecular weight is 415 g/mol. The van der Waals surface area contributed by atoms with Gasteiger partial charge in [0.25, 0.3) is 5.91 Å². The van der Waals surface area contributed by atoms with E-state index in [1.165, 1.54) is 25.1 Å². The number of ether oxygens (including phenoxy) is 1. The van der Waals surface area contributed by atoms with Gasteiger partial charge in [-0.15, -0.1) is 0 Å². The van der Waals surface area contributed by atoms with Gasteiger partial charge in [0.2, 0.25) is 0 Å². The second-order valence-electron chi connectivity index (χ2n) is 5.95. The standard InChI is InChI=1S/C21H16Cl2N2O3/c1-13(21(27)25-19-12-15(22)7-10-17(19)23)28-20(26)11-9-16-8-6-14-4-2-3-5-18(14)24-16/h2-13H,1H3,(H,25,27). The van der Waals surface area contributed by atoms with Crippen molar-refractivity contribution in [3.8, 4) is 0 Å². The lowest BCUT2D eigenvalue weighted by molar-refractivity contribution is -0.148. The highest BCUT2D eigenvalue weighted by atomic mass is 35.5. The van der Waals surface area contributed by atoms with Crippen LogP contribution in [-0.4, -0.2) is 23.0 Å². The summed E-state index contributed by atoms with van der Waals surface area (Å²) in [5.41, 5.74) is 1.78. The predicted molar refractivity (Wildman–Crippen MR) is 111 cm³/mol. The van der Waals surface area contributed by atoms with Gasteiger partial charge in [-0.1, -0.05) is 47.5 Å². The summed E-state index contributed by atoms with van der Waals surface area (Å²) in [6.45, 7) is 1.47. The first-order chi connectivity index (χ1) is 13.4. The summed E-state index contributed by atoms with van der Waals surface area (Å²) in [5.74, 6) is -1.18. The highest BCUT2D eigenvalue weighted by Crippen LogP contribution is 2.25. The maximum atomic E-state index is 12.2. The molecule has 0 radical (unpaired) electrons. The number of aromatic nitrogens is 1. The van der Waals surface area contributed by atoms with Gasteiger partial charge in [-0.2, -0.15) is 0 Å². The number of esters is 1. The molecule has 28 heavy (non-hydrogen) atoms. The highest BCUT2D eigenvalue weighted by Gasteiger charge is 2.18. The molecule has 1 aromatic heterocycles. The van der Waals surface area contributed by atoms with Crippen LogP contribution in [0.15, 0.2) is 60.7 Å². The lowest BCUT2D eigenvalue weighted by Gasteiger charge is -2.13. The number of amides is 1. The van der Waals surface area contributed by atoms with Crippen LogP contribution in [-0.2, 0) is 14.3 Å². The zero-order valence-electron chi connectivity index (χ0n) is 14.9. The van der Waals surface area contributed by atoms with E-state index < -0.39 is 18.0 Å². The molecule has 0 saturated heterocycles. The summed E-state index contributed by atoms with van der Waals surface area (Å²) in [4.78, 5) is 28.6. The average Bonchev–Trinajstić information content (AvgIpc) is 2.69. The van der Waals surface area contributed by atoms with Crippen LogP contribution < -0.4 is 5.32 Å². The van der Waals surface area contributed by atoms with Gasteiger partial charge < -0.3 is 10.1 Å². The number of hydrogen-bond donors (Lipinski definition) is 1. The summed E-state index contributed by atoms with van der Waals surface area (Å²) >= 11 is 11.9. The van der Waals surface area contributed by atoms with E-state index in [0.29, 0.717) is 21.4 Å². The molecule has 1 unspecified atom stereocenters. The van der Waals surface area contributed by atoms with Crippen LogP contribution in [0.1, 0.15) is 12.6 Å². The largest absolute Gasteiger partial charge is 0.449 e. The van der Waals surface area contributed by atoms with Gasteiger partial charge in [-0.3, -0.25) is 4.79 Å². The first kappa shape index (κ1) is 19.9. The molecule has 1 N–H and O–H groups in total. The summed E-state index contributed by atoms with van der Waals surface area (Å²) in [6.07, 6.45) is 1.75. The number of fused-ring (bicyclic) bond motifs is 1. The molecule has 0 aliphatic carbocycles. The maximum absolute atomic E-state index is 12.2. The Morgan fingerprint density at radius 2 is 1.89 bits per heavy atom. The van der Waals surface area contributed by atoms with Crippen molar-refractivity contribution in [1.82, 2.24) is 4.98 Å². The Balaban J connectivity index is 1.60. The van der Waals surface area contributed by atoms with Gasteiger partial charge in [-0.25, -0.2) is 9.78 Å². The van der Waals surface area contributed by atoms with Crippen molar-refractivity contribution < 1.29 is 14.3 Å². The molecule has 1 amide bonds. The summed E-state index contributed by atoms with van der Waals surface area (Å²) < 4.78 is 5.12. The van der Waals surface area contributed by atoms with Crippen LogP contribution in [0.25, 0.3) is 17.0 Å². The number of halogens is 2. The molecule has 142 valence electrons. The Morgan fingerprint density at radius 1 is 1.11 bits per heavy atom. The second kappa shape index (κ2) is 8.87. The Labute approximate surface area is 171 Å². The Hall–Kier alpha value is -2.89. The van der Waals surface area contributed by atoms with Crippen molar-refractivity contribution in [2.24, 2.45) is 0 Å². The van der Waals surface area contributed by atoms with Crippen molar-refractivity contribution in [1.29, 1.82) is 0 Å². The monoisotopic (exact) mass is 414 g/mol. The molecule has 0 saturated carbocycles. The zero-order valence-corrected chi connectivity index (χ0v) is 16.4. The van der Waals surface area contributed by atoms with Gasteiger partial charge in [0, 0.05) is 16.5 Å². The van der Waals surface area contributed by atoms with E-state index in [9.17, 15) is 9.59 Å². The summed E-state index contributed by atoms with van der Waals surface area (Å²) in [7, 11) is 0. The van der Waals surface area contributed by atoms with Crippen LogP contribution in [0.4, 0.5) is 5.69 Å². The molecular formula is C21H16Cl2N2O3.